The molecule has 12 heteroatoms. The Morgan fingerprint density at radius 1 is 0.523 bits per heavy atom. The molecule has 1 unspecified atom stereocenters. The Bertz CT molecular complexity index is 1060. The van der Waals surface area contributed by atoms with Gasteiger partial charge in [0.15, 0.2) is 18.3 Å². The van der Waals surface area contributed by atoms with Crippen molar-refractivity contribution >= 4 is 35.6 Å². The Morgan fingerprint density at radius 2 is 0.841 bits per heavy atom. The Balaban J connectivity index is 3.86. The van der Waals surface area contributed by atoms with Gasteiger partial charge in [-0.2, -0.15) is 0 Å². The topological polar surface area (TPSA) is 140 Å². The van der Waals surface area contributed by atoms with E-state index in [1.807, 2.05) is 6.92 Å². The van der Waals surface area contributed by atoms with Gasteiger partial charge in [0.1, 0.15) is 18.1 Å². The summed E-state index contributed by atoms with van der Waals surface area (Å²) in [6.45, 7) is 18.8. The Hall–Kier alpha value is -3.18. The number of esters is 3. The molecule has 0 aromatic rings. The molecule has 12 nitrogen and oxygen atoms in total. The second-order valence-electron chi connectivity index (χ2n) is 13.3. The average molecular weight is 626 g/mol. The third kappa shape index (κ3) is 8.94. The molecule has 1 heterocycles. The van der Waals surface area contributed by atoms with Crippen molar-refractivity contribution in [3.05, 3.63) is 0 Å². The van der Waals surface area contributed by atoms with Crippen molar-refractivity contribution in [2.75, 3.05) is 21.1 Å². The molecule has 252 valence electrons. The Morgan fingerprint density at radius 3 is 1.18 bits per heavy atom. The fourth-order valence-electron chi connectivity index (χ4n) is 5.13. The molecule has 1 aliphatic rings. The zero-order valence-corrected chi connectivity index (χ0v) is 29.1. The first-order valence-electron chi connectivity index (χ1n) is 15.6. The number of likely N-dealkylation sites (N-methyl/N-ethyl adjacent to an activating group) is 3. The number of cyclic esters (lactones) is 3. The molecule has 0 saturated carbocycles. The third-order valence-electron chi connectivity index (χ3n) is 8.37. The average Bonchev–Trinajstić information content (AvgIpc) is 2.93. The third-order valence-corrected chi connectivity index (χ3v) is 8.37. The predicted molar refractivity (Wildman–Crippen MR) is 164 cm³/mol. The van der Waals surface area contributed by atoms with Crippen molar-refractivity contribution in [1.82, 2.24) is 14.7 Å². The highest BCUT2D eigenvalue weighted by atomic mass is 16.6. The molecule has 1 saturated heterocycles. The van der Waals surface area contributed by atoms with Gasteiger partial charge >= 0.3 is 17.9 Å². The molecular weight excluding hydrogens is 570 g/mol. The molecule has 44 heavy (non-hydrogen) atoms. The maximum Gasteiger partial charge on any atom is 0.329 e. The first-order chi connectivity index (χ1) is 20.2. The fourth-order valence-corrected chi connectivity index (χ4v) is 5.13. The van der Waals surface area contributed by atoms with Crippen LogP contribution in [0, 0.1) is 29.6 Å². The van der Waals surface area contributed by atoms with Crippen LogP contribution in [-0.4, -0.2) is 108 Å². The number of hydrogen-bond donors (Lipinski definition) is 0. The largest absolute Gasteiger partial charge is 0.450 e. The lowest BCUT2D eigenvalue weighted by Gasteiger charge is -2.38. The first-order valence-corrected chi connectivity index (χ1v) is 15.6. The summed E-state index contributed by atoms with van der Waals surface area (Å²) in [5, 5.41) is 0. The zero-order valence-electron chi connectivity index (χ0n) is 29.1. The summed E-state index contributed by atoms with van der Waals surface area (Å²) in [5.74, 6) is -6.51. The number of rotatable bonds is 6. The van der Waals surface area contributed by atoms with Crippen LogP contribution in [-0.2, 0) is 43.0 Å². The summed E-state index contributed by atoms with van der Waals surface area (Å²) in [4.78, 5) is 85.5. The van der Waals surface area contributed by atoms with E-state index in [9.17, 15) is 28.8 Å². The minimum absolute atomic E-state index is 0.375. The van der Waals surface area contributed by atoms with Gasteiger partial charge in [-0.1, -0.05) is 75.7 Å². The Kier molecular flexibility index (Phi) is 14.3. The summed E-state index contributed by atoms with van der Waals surface area (Å²) >= 11 is 0. The maximum atomic E-state index is 13.9. The molecule has 0 aliphatic carbocycles. The van der Waals surface area contributed by atoms with E-state index in [1.165, 1.54) is 37.9 Å². The van der Waals surface area contributed by atoms with Gasteiger partial charge in [0.05, 0.1) is 0 Å². The van der Waals surface area contributed by atoms with Crippen LogP contribution in [0.2, 0.25) is 0 Å². The van der Waals surface area contributed by atoms with Crippen LogP contribution >= 0.6 is 0 Å². The molecule has 0 bridgehead atoms. The van der Waals surface area contributed by atoms with Gasteiger partial charge in [0, 0.05) is 21.1 Å². The molecule has 1 fully saturated rings. The molecule has 0 radical (unpaired) electrons. The predicted octanol–water partition coefficient (Wildman–Crippen LogP) is 2.91. The molecule has 1 aliphatic heterocycles. The fraction of sp³-hybridized carbons (Fsp3) is 0.812. The first kappa shape index (κ1) is 38.8. The SMILES string of the molecule is CCC(C)[C@H]1C(=O)O[C@H](C(C)C)C(=O)N(C)[C@@H](C(C)C)C(=O)O[C@H](C(C)C)C(=O)N(C)[C@@H](C)C(=O)O[C@H](C(C)C)C(=O)N1C. The highest BCUT2D eigenvalue weighted by Gasteiger charge is 2.44. The molecule has 0 spiro atoms. The molecular formula is C32H55N3O9. The van der Waals surface area contributed by atoms with Crippen LogP contribution in [0.3, 0.4) is 0 Å². The highest BCUT2D eigenvalue weighted by molar-refractivity contribution is 5.94. The smallest absolute Gasteiger partial charge is 0.329 e. The summed E-state index contributed by atoms with van der Waals surface area (Å²) in [5.41, 5.74) is 0. The van der Waals surface area contributed by atoms with E-state index in [-0.39, 0.29) is 5.92 Å². The normalized spacial score (nSPS) is 28.4. The molecule has 0 N–H and O–H groups in total. The summed E-state index contributed by atoms with van der Waals surface area (Å²) < 4.78 is 17.3. The van der Waals surface area contributed by atoms with Gasteiger partial charge in [0.2, 0.25) is 0 Å². The molecule has 7 atom stereocenters. The Labute approximate surface area is 263 Å². The van der Waals surface area contributed by atoms with E-state index in [1.54, 1.807) is 62.3 Å². The van der Waals surface area contributed by atoms with Crippen molar-refractivity contribution in [3.8, 4) is 0 Å². The number of nitrogens with zero attached hydrogens (tertiary/aromatic N) is 3. The molecule has 1 rings (SSSR count). The summed E-state index contributed by atoms with van der Waals surface area (Å²) in [7, 11) is 4.27. The molecule has 0 aromatic heterocycles. The van der Waals surface area contributed by atoms with Gasteiger partial charge in [-0.3, -0.25) is 14.4 Å². The van der Waals surface area contributed by atoms with Crippen LogP contribution in [0.15, 0.2) is 0 Å². The van der Waals surface area contributed by atoms with Gasteiger partial charge < -0.3 is 28.9 Å². The number of carbonyl (C=O) groups is 6. The van der Waals surface area contributed by atoms with E-state index < -0.39 is 95.7 Å². The second kappa shape index (κ2) is 16.2. The minimum Gasteiger partial charge on any atom is -0.450 e. The van der Waals surface area contributed by atoms with Gasteiger partial charge in [-0.15, -0.1) is 0 Å². The van der Waals surface area contributed by atoms with Crippen LogP contribution < -0.4 is 0 Å². The van der Waals surface area contributed by atoms with Crippen LogP contribution in [0.4, 0.5) is 0 Å². The van der Waals surface area contributed by atoms with Crippen LogP contribution in [0.5, 0.6) is 0 Å². The molecule has 0 aromatic carbocycles. The van der Waals surface area contributed by atoms with E-state index >= 15 is 0 Å². The van der Waals surface area contributed by atoms with Crippen LogP contribution in [0.1, 0.15) is 82.6 Å². The lowest BCUT2D eigenvalue weighted by molar-refractivity contribution is -0.180. The number of amides is 3. The van der Waals surface area contributed by atoms with Crippen molar-refractivity contribution < 1.29 is 43.0 Å². The number of carbonyl (C=O) groups excluding carboxylic acids is 6. The van der Waals surface area contributed by atoms with E-state index in [2.05, 4.69) is 0 Å². The maximum absolute atomic E-state index is 13.9. The van der Waals surface area contributed by atoms with Crippen molar-refractivity contribution in [2.45, 2.75) is 119 Å². The standard InChI is InChI=1S/C32H55N3O9/c1-15-20(10)23-32(41)44-26(19(8)9)28(37)34(13)22(16(2)3)31(40)43-24(17(4)5)27(36)33(12)21(11)30(39)42-25(18(6)7)29(38)35(23)14/h16-26H,15H2,1-14H3/t20?,21-,22-,23-,24+,25+,26+/m0/s1. The lowest BCUT2D eigenvalue weighted by atomic mass is 9.95. The summed E-state index contributed by atoms with van der Waals surface area (Å²) in [6, 6.07) is -3.33. The number of ether oxygens (including phenoxy) is 3. The van der Waals surface area contributed by atoms with E-state index in [4.69, 9.17) is 14.2 Å². The zero-order chi connectivity index (χ0) is 34.4. The van der Waals surface area contributed by atoms with Gasteiger partial charge in [-0.05, 0) is 36.5 Å². The molecule has 3 amide bonds. The van der Waals surface area contributed by atoms with Crippen molar-refractivity contribution in [3.63, 3.8) is 0 Å². The van der Waals surface area contributed by atoms with E-state index in [0.717, 1.165) is 4.90 Å². The number of hydrogen-bond acceptors (Lipinski definition) is 9. The second-order valence-corrected chi connectivity index (χ2v) is 13.3. The highest BCUT2D eigenvalue weighted by Crippen LogP contribution is 2.24. The van der Waals surface area contributed by atoms with Gasteiger partial charge in [-0.25, -0.2) is 14.4 Å². The van der Waals surface area contributed by atoms with Crippen molar-refractivity contribution in [2.24, 2.45) is 29.6 Å². The lowest BCUT2D eigenvalue weighted by Crippen LogP contribution is -2.57. The van der Waals surface area contributed by atoms with Gasteiger partial charge in [0.25, 0.3) is 17.7 Å². The summed E-state index contributed by atoms with van der Waals surface area (Å²) in [6.07, 6.45) is -3.30. The monoisotopic (exact) mass is 625 g/mol. The van der Waals surface area contributed by atoms with Crippen molar-refractivity contribution in [1.29, 1.82) is 0 Å². The quantitative estimate of drug-likeness (QED) is 0.322. The minimum atomic E-state index is -1.27. The van der Waals surface area contributed by atoms with E-state index in [0.29, 0.717) is 6.42 Å². The van der Waals surface area contributed by atoms with Crippen LogP contribution in [0.25, 0.3) is 0 Å².